The number of anilines is 1. The van der Waals surface area contributed by atoms with Crippen molar-refractivity contribution in [1.29, 1.82) is 0 Å². The van der Waals surface area contributed by atoms with E-state index in [1.54, 1.807) is 11.0 Å². The summed E-state index contributed by atoms with van der Waals surface area (Å²) >= 11 is 0. The summed E-state index contributed by atoms with van der Waals surface area (Å²) in [4.78, 5) is 28.0. The van der Waals surface area contributed by atoms with Crippen molar-refractivity contribution in [1.82, 2.24) is 5.32 Å². The first-order valence-corrected chi connectivity index (χ1v) is 10.6. The molecule has 0 saturated heterocycles. The van der Waals surface area contributed by atoms with Crippen LogP contribution in [0.3, 0.4) is 0 Å². The molecule has 4 heteroatoms. The van der Waals surface area contributed by atoms with Crippen molar-refractivity contribution >= 4 is 17.5 Å². The zero-order valence-electron chi connectivity index (χ0n) is 18.9. The molecule has 3 rings (SSSR count). The van der Waals surface area contributed by atoms with Gasteiger partial charge in [0.25, 0.3) is 11.8 Å². The topological polar surface area (TPSA) is 49.4 Å². The van der Waals surface area contributed by atoms with Crippen LogP contribution in [0.15, 0.2) is 66.7 Å². The van der Waals surface area contributed by atoms with E-state index in [-0.39, 0.29) is 17.9 Å². The second kappa shape index (κ2) is 9.61. The zero-order valence-corrected chi connectivity index (χ0v) is 18.9. The largest absolute Gasteiger partial charge is 0.348 e. The van der Waals surface area contributed by atoms with Crippen LogP contribution in [0.5, 0.6) is 0 Å². The average Bonchev–Trinajstić information content (AvgIpc) is 2.72. The Morgan fingerprint density at radius 2 is 1.55 bits per heavy atom. The van der Waals surface area contributed by atoms with Crippen LogP contribution in [-0.4, -0.2) is 24.4 Å². The van der Waals surface area contributed by atoms with Crippen LogP contribution < -0.4 is 10.2 Å². The number of carbonyl (C=O) groups is 2. The molecule has 31 heavy (non-hydrogen) atoms. The first-order chi connectivity index (χ1) is 14.8. The highest BCUT2D eigenvalue weighted by molar-refractivity contribution is 6.07. The highest BCUT2D eigenvalue weighted by atomic mass is 16.2. The van der Waals surface area contributed by atoms with E-state index in [4.69, 9.17) is 0 Å². The fourth-order valence-corrected chi connectivity index (χ4v) is 3.77. The minimum Gasteiger partial charge on any atom is -0.348 e. The number of carbonyl (C=O) groups excluding carboxylic acids is 2. The molecular weight excluding hydrogens is 384 g/mol. The summed E-state index contributed by atoms with van der Waals surface area (Å²) in [6.45, 7) is 10.2. The Morgan fingerprint density at radius 3 is 2.23 bits per heavy atom. The summed E-state index contributed by atoms with van der Waals surface area (Å²) in [5.41, 5.74) is 6.28. The van der Waals surface area contributed by atoms with Crippen LogP contribution in [0.4, 0.5) is 5.69 Å². The summed E-state index contributed by atoms with van der Waals surface area (Å²) < 4.78 is 0. The fraction of sp³-hybridized carbons (Fsp3) is 0.259. The summed E-state index contributed by atoms with van der Waals surface area (Å²) in [5, 5.41) is 3.04. The lowest BCUT2D eigenvalue weighted by molar-refractivity contribution is 0.0927. The number of benzene rings is 3. The molecule has 1 atom stereocenters. The standard InChI is InChI=1S/C27H30N2O2/c1-18-9-8-11-23(16-18)26(30)28-22(5)17-29(25-14-13-19(2)15-21(25)4)27(31)24-12-7-6-10-20(24)3/h6-16,22H,17H2,1-5H3,(H,28,30). The number of aryl methyl sites for hydroxylation is 4. The molecule has 0 aromatic heterocycles. The zero-order chi connectivity index (χ0) is 22.5. The molecule has 160 valence electrons. The second-order valence-corrected chi connectivity index (χ2v) is 8.26. The van der Waals surface area contributed by atoms with Gasteiger partial charge in [0.05, 0.1) is 0 Å². The van der Waals surface area contributed by atoms with Gasteiger partial charge in [-0.1, -0.05) is 53.6 Å². The Morgan fingerprint density at radius 1 is 0.839 bits per heavy atom. The van der Waals surface area contributed by atoms with E-state index in [0.717, 1.165) is 27.9 Å². The highest BCUT2D eigenvalue weighted by Gasteiger charge is 2.23. The number of rotatable bonds is 6. The third-order valence-electron chi connectivity index (χ3n) is 5.38. The van der Waals surface area contributed by atoms with E-state index < -0.39 is 0 Å². The Hall–Kier alpha value is -3.40. The van der Waals surface area contributed by atoms with Crippen molar-refractivity contribution in [3.8, 4) is 0 Å². The first kappa shape index (κ1) is 22.3. The predicted octanol–water partition coefficient (Wildman–Crippen LogP) is 5.39. The third-order valence-corrected chi connectivity index (χ3v) is 5.38. The maximum atomic E-state index is 13.6. The molecule has 3 aromatic rings. The molecule has 0 aliphatic carbocycles. The molecule has 3 aromatic carbocycles. The molecule has 0 bridgehead atoms. The Kier molecular flexibility index (Phi) is 6.91. The van der Waals surface area contributed by atoms with Gasteiger partial charge in [-0.2, -0.15) is 0 Å². The van der Waals surface area contributed by atoms with Crippen molar-refractivity contribution in [3.05, 3.63) is 100 Å². The molecule has 0 saturated carbocycles. The van der Waals surface area contributed by atoms with Crippen molar-refractivity contribution in [2.45, 2.75) is 40.7 Å². The molecule has 4 nitrogen and oxygen atoms in total. The minimum atomic E-state index is -0.235. The third kappa shape index (κ3) is 5.40. The van der Waals surface area contributed by atoms with Crippen molar-refractivity contribution in [3.63, 3.8) is 0 Å². The van der Waals surface area contributed by atoms with Gasteiger partial charge < -0.3 is 10.2 Å². The lowest BCUT2D eigenvalue weighted by atomic mass is 10.0. The van der Waals surface area contributed by atoms with Crippen LogP contribution in [-0.2, 0) is 0 Å². The molecule has 0 radical (unpaired) electrons. The molecule has 1 unspecified atom stereocenters. The van der Waals surface area contributed by atoms with Crippen LogP contribution in [0.25, 0.3) is 0 Å². The van der Waals surface area contributed by atoms with Crippen LogP contribution in [0.1, 0.15) is 49.9 Å². The van der Waals surface area contributed by atoms with Crippen molar-refractivity contribution in [2.24, 2.45) is 0 Å². The van der Waals surface area contributed by atoms with Gasteiger partial charge in [-0.3, -0.25) is 9.59 Å². The normalized spacial score (nSPS) is 11.6. The van der Waals surface area contributed by atoms with Gasteiger partial charge >= 0.3 is 0 Å². The number of amides is 2. The fourth-order valence-electron chi connectivity index (χ4n) is 3.77. The molecule has 0 aliphatic heterocycles. The van der Waals surface area contributed by atoms with Crippen molar-refractivity contribution < 1.29 is 9.59 Å². The van der Waals surface area contributed by atoms with Crippen LogP contribution in [0.2, 0.25) is 0 Å². The van der Waals surface area contributed by atoms with Gasteiger partial charge in [-0.25, -0.2) is 0 Å². The maximum absolute atomic E-state index is 13.6. The summed E-state index contributed by atoms with van der Waals surface area (Å²) in [5.74, 6) is -0.207. The van der Waals surface area contributed by atoms with E-state index in [0.29, 0.717) is 17.7 Å². The van der Waals surface area contributed by atoms with Gasteiger partial charge in [-0.15, -0.1) is 0 Å². The molecule has 0 aliphatic rings. The molecule has 0 spiro atoms. The van der Waals surface area contributed by atoms with Gasteiger partial charge in [0.1, 0.15) is 0 Å². The maximum Gasteiger partial charge on any atom is 0.258 e. The van der Waals surface area contributed by atoms with E-state index in [1.165, 1.54) is 0 Å². The van der Waals surface area contributed by atoms with Gasteiger partial charge in [0, 0.05) is 29.4 Å². The lowest BCUT2D eigenvalue weighted by Crippen LogP contribution is -2.45. The Balaban J connectivity index is 1.88. The summed E-state index contributed by atoms with van der Waals surface area (Å²) in [7, 11) is 0. The summed E-state index contributed by atoms with van der Waals surface area (Å²) in [6, 6.07) is 20.9. The van der Waals surface area contributed by atoms with Crippen LogP contribution >= 0.6 is 0 Å². The number of hydrogen-bond donors (Lipinski definition) is 1. The molecular formula is C27H30N2O2. The minimum absolute atomic E-state index is 0.0679. The number of hydrogen-bond acceptors (Lipinski definition) is 2. The first-order valence-electron chi connectivity index (χ1n) is 10.6. The van der Waals surface area contributed by atoms with E-state index in [1.807, 2.05) is 89.2 Å². The smallest absolute Gasteiger partial charge is 0.258 e. The predicted molar refractivity (Wildman–Crippen MR) is 127 cm³/mol. The van der Waals surface area contributed by atoms with Gasteiger partial charge in [0.2, 0.25) is 0 Å². The summed E-state index contributed by atoms with van der Waals surface area (Å²) in [6.07, 6.45) is 0. The van der Waals surface area contributed by atoms with E-state index >= 15 is 0 Å². The number of nitrogens with one attached hydrogen (secondary N) is 1. The number of nitrogens with zero attached hydrogens (tertiary/aromatic N) is 1. The highest BCUT2D eigenvalue weighted by Crippen LogP contribution is 2.24. The SMILES string of the molecule is Cc1cccc(C(=O)NC(C)CN(C(=O)c2ccccc2C)c2ccc(C)cc2C)c1. The van der Waals surface area contributed by atoms with E-state index in [2.05, 4.69) is 11.4 Å². The molecule has 0 fully saturated rings. The quantitative estimate of drug-likeness (QED) is 0.588. The second-order valence-electron chi connectivity index (χ2n) is 8.26. The van der Waals surface area contributed by atoms with Gasteiger partial charge in [0.15, 0.2) is 0 Å². The molecule has 0 heterocycles. The Labute approximate surface area is 184 Å². The van der Waals surface area contributed by atoms with Crippen molar-refractivity contribution in [2.75, 3.05) is 11.4 Å². The molecule has 2 amide bonds. The average molecular weight is 415 g/mol. The van der Waals surface area contributed by atoms with E-state index in [9.17, 15) is 9.59 Å². The monoisotopic (exact) mass is 414 g/mol. The molecule has 1 N–H and O–H groups in total. The van der Waals surface area contributed by atoms with Crippen LogP contribution in [0, 0.1) is 27.7 Å². The van der Waals surface area contributed by atoms with Gasteiger partial charge in [-0.05, 0) is 70.0 Å². The lowest BCUT2D eigenvalue weighted by Gasteiger charge is -2.29. The Bertz CT molecular complexity index is 1100.